The number of para-hydroxylation sites is 1. The molecule has 0 unspecified atom stereocenters. The Hall–Kier alpha value is -2.65. The molecule has 1 aliphatic heterocycles. The van der Waals surface area contributed by atoms with Gasteiger partial charge in [-0.1, -0.05) is 43.0 Å². The van der Waals surface area contributed by atoms with E-state index in [-0.39, 0.29) is 29.0 Å². The number of sulfone groups is 1. The number of aromatic nitrogens is 2. The van der Waals surface area contributed by atoms with Crippen LogP contribution < -0.4 is 5.56 Å². The Bertz CT molecular complexity index is 1370. The number of benzene rings is 2. The van der Waals surface area contributed by atoms with Gasteiger partial charge in [-0.15, -0.1) is 0 Å². The van der Waals surface area contributed by atoms with Crippen LogP contribution in [0.15, 0.2) is 58.5 Å². The van der Waals surface area contributed by atoms with Gasteiger partial charge >= 0.3 is 0 Å². The maximum absolute atomic E-state index is 13.5. The van der Waals surface area contributed by atoms with E-state index in [1.807, 2.05) is 43.3 Å². The summed E-state index contributed by atoms with van der Waals surface area (Å²) in [5.74, 6) is -0.0280. The molecule has 1 amide bonds. The summed E-state index contributed by atoms with van der Waals surface area (Å²) in [6, 6.07) is 14.6. The van der Waals surface area contributed by atoms with E-state index in [0.29, 0.717) is 34.7 Å². The van der Waals surface area contributed by atoms with Crippen molar-refractivity contribution in [2.75, 3.05) is 18.1 Å². The maximum atomic E-state index is 13.5. The van der Waals surface area contributed by atoms with Gasteiger partial charge in [0.2, 0.25) is 5.91 Å². The summed E-state index contributed by atoms with van der Waals surface area (Å²) in [6.07, 6.45) is 1.35. The number of hydrogen-bond donors (Lipinski definition) is 0. The van der Waals surface area contributed by atoms with Crippen LogP contribution in [0.5, 0.6) is 0 Å². The number of hydrogen-bond acceptors (Lipinski definition) is 6. The van der Waals surface area contributed by atoms with E-state index in [0.717, 1.165) is 12.0 Å². The van der Waals surface area contributed by atoms with Gasteiger partial charge in [0.05, 0.1) is 33.3 Å². The van der Waals surface area contributed by atoms with Crippen LogP contribution in [0.25, 0.3) is 16.6 Å². The van der Waals surface area contributed by atoms with Crippen molar-refractivity contribution in [3.8, 4) is 5.69 Å². The molecule has 1 aliphatic rings. The number of thioether (sulfide) groups is 1. The first-order valence-corrected chi connectivity index (χ1v) is 14.2. The highest BCUT2D eigenvalue weighted by atomic mass is 32.2. The number of nitrogens with zero attached hydrogens (tertiary/aromatic N) is 3. The molecule has 34 heavy (non-hydrogen) atoms. The molecule has 3 aromatic rings. The van der Waals surface area contributed by atoms with E-state index in [1.54, 1.807) is 28.5 Å². The van der Waals surface area contributed by atoms with Gasteiger partial charge in [-0.2, -0.15) is 0 Å². The Morgan fingerprint density at radius 3 is 2.50 bits per heavy atom. The van der Waals surface area contributed by atoms with Gasteiger partial charge in [-0.05, 0) is 56.5 Å². The first-order valence-electron chi connectivity index (χ1n) is 11.5. The van der Waals surface area contributed by atoms with E-state index in [1.165, 1.54) is 11.8 Å². The van der Waals surface area contributed by atoms with Crippen LogP contribution in [0.3, 0.4) is 0 Å². The van der Waals surface area contributed by atoms with Crippen LogP contribution in [0, 0.1) is 0 Å². The molecule has 0 spiro atoms. The fourth-order valence-corrected chi connectivity index (χ4v) is 7.08. The lowest BCUT2D eigenvalue weighted by Gasteiger charge is -2.29. The Morgan fingerprint density at radius 2 is 1.88 bits per heavy atom. The molecule has 0 aliphatic carbocycles. The standard InChI is InChI=1S/C25H29N3O4S2/c1-4-18-10-12-19(13-11-18)28-24(30)21-8-6-7-9-22(21)26-25(28)33-17(3)23(29)27(5-2)20-14-15-34(31,32)16-20/h6-13,17,20H,4-5,14-16H2,1-3H3/t17-,20-/m1/s1. The Morgan fingerprint density at radius 1 is 1.18 bits per heavy atom. The highest BCUT2D eigenvalue weighted by molar-refractivity contribution is 8.00. The van der Waals surface area contributed by atoms with Crippen LogP contribution in [0.1, 0.15) is 32.8 Å². The molecule has 4 rings (SSSR count). The third-order valence-electron chi connectivity index (χ3n) is 6.25. The second-order valence-corrected chi connectivity index (χ2v) is 12.0. The highest BCUT2D eigenvalue weighted by Gasteiger charge is 2.35. The van der Waals surface area contributed by atoms with Gasteiger partial charge in [0.15, 0.2) is 15.0 Å². The van der Waals surface area contributed by atoms with Crippen molar-refractivity contribution in [3.63, 3.8) is 0 Å². The SMILES string of the molecule is CCc1ccc(-n2c(S[C@H](C)C(=O)N(CC)[C@@H]3CCS(=O)(=O)C3)nc3ccccc3c2=O)cc1. The predicted molar refractivity (Wildman–Crippen MR) is 136 cm³/mol. The third-order valence-corrected chi connectivity index (χ3v) is 9.04. The predicted octanol–water partition coefficient (Wildman–Crippen LogP) is 3.46. The molecule has 9 heteroatoms. The summed E-state index contributed by atoms with van der Waals surface area (Å²) in [6.45, 7) is 6.15. The molecule has 2 atom stereocenters. The second kappa shape index (κ2) is 9.92. The molecular formula is C25H29N3O4S2. The highest BCUT2D eigenvalue weighted by Crippen LogP contribution is 2.28. The minimum absolute atomic E-state index is 0.00662. The van der Waals surface area contributed by atoms with Crippen molar-refractivity contribution in [1.29, 1.82) is 0 Å². The van der Waals surface area contributed by atoms with E-state index in [9.17, 15) is 18.0 Å². The summed E-state index contributed by atoms with van der Waals surface area (Å²) in [5.41, 5.74) is 2.24. The monoisotopic (exact) mass is 499 g/mol. The Kier molecular flexibility index (Phi) is 7.14. The minimum atomic E-state index is -3.11. The lowest BCUT2D eigenvalue weighted by atomic mass is 10.1. The number of rotatable bonds is 7. The molecule has 1 aromatic heterocycles. The third kappa shape index (κ3) is 4.90. The van der Waals surface area contributed by atoms with E-state index >= 15 is 0 Å². The van der Waals surface area contributed by atoms with Crippen molar-refractivity contribution in [3.05, 3.63) is 64.4 Å². The average Bonchev–Trinajstić information content (AvgIpc) is 3.19. The van der Waals surface area contributed by atoms with Crippen LogP contribution in [0.4, 0.5) is 0 Å². The minimum Gasteiger partial charge on any atom is -0.338 e. The molecule has 2 aromatic carbocycles. The number of aryl methyl sites for hydroxylation is 1. The second-order valence-electron chi connectivity index (χ2n) is 8.51. The molecule has 2 heterocycles. The van der Waals surface area contributed by atoms with Crippen molar-refractivity contribution in [1.82, 2.24) is 14.5 Å². The topological polar surface area (TPSA) is 89.3 Å². The molecular weight excluding hydrogens is 470 g/mol. The molecule has 0 N–H and O–H groups in total. The van der Waals surface area contributed by atoms with Gasteiger partial charge in [-0.25, -0.2) is 13.4 Å². The Balaban J connectivity index is 1.71. The maximum Gasteiger partial charge on any atom is 0.266 e. The fourth-order valence-electron chi connectivity index (χ4n) is 4.36. The Labute approximate surface area is 204 Å². The molecule has 0 bridgehead atoms. The lowest BCUT2D eigenvalue weighted by Crippen LogP contribution is -2.44. The van der Waals surface area contributed by atoms with E-state index < -0.39 is 15.1 Å². The molecule has 0 radical (unpaired) electrons. The molecule has 0 saturated carbocycles. The van der Waals surface area contributed by atoms with Crippen LogP contribution in [0.2, 0.25) is 0 Å². The number of carbonyl (C=O) groups excluding carboxylic acids is 1. The van der Waals surface area contributed by atoms with Gasteiger partial charge in [0, 0.05) is 12.6 Å². The van der Waals surface area contributed by atoms with Crippen LogP contribution in [-0.4, -0.2) is 58.1 Å². The van der Waals surface area contributed by atoms with Gasteiger partial charge in [0.25, 0.3) is 5.56 Å². The molecule has 7 nitrogen and oxygen atoms in total. The number of fused-ring (bicyclic) bond motifs is 1. The summed E-state index contributed by atoms with van der Waals surface area (Å²) in [4.78, 5) is 33.2. The molecule has 1 saturated heterocycles. The summed E-state index contributed by atoms with van der Waals surface area (Å²) < 4.78 is 25.5. The summed E-state index contributed by atoms with van der Waals surface area (Å²) in [5, 5.41) is 0.401. The average molecular weight is 500 g/mol. The van der Waals surface area contributed by atoms with Crippen molar-refractivity contribution < 1.29 is 13.2 Å². The quantitative estimate of drug-likeness (QED) is 0.365. The van der Waals surface area contributed by atoms with Gasteiger partial charge in [0.1, 0.15) is 0 Å². The zero-order chi connectivity index (χ0) is 24.5. The molecule has 1 fully saturated rings. The van der Waals surface area contributed by atoms with Crippen molar-refractivity contribution >= 4 is 38.4 Å². The van der Waals surface area contributed by atoms with Crippen molar-refractivity contribution in [2.45, 2.75) is 50.1 Å². The van der Waals surface area contributed by atoms with Crippen molar-refractivity contribution in [2.24, 2.45) is 0 Å². The summed E-state index contributed by atoms with van der Waals surface area (Å²) >= 11 is 1.23. The lowest BCUT2D eigenvalue weighted by molar-refractivity contribution is -0.131. The van der Waals surface area contributed by atoms with Crippen LogP contribution >= 0.6 is 11.8 Å². The zero-order valence-electron chi connectivity index (χ0n) is 19.6. The smallest absolute Gasteiger partial charge is 0.266 e. The normalized spacial score (nSPS) is 18.1. The summed E-state index contributed by atoms with van der Waals surface area (Å²) in [7, 11) is -3.11. The van der Waals surface area contributed by atoms with E-state index in [4.69, 9.17) is 4.98 Å². The van der Waals surface area contributed by atoms with Crippen LogP contribution in [-0.2, 0) is 21.1 Å². The van der Waals surface area contributed by atoms with E-state index in [2.05, 4.69) is 6.92 Å². The molecule has 180 valence electrons. The zero-order valence-corrected chi connectivity index (χ0v) is 21.2. The number of carbonyl (C=O) groups is 1. The largest absolute Gasteiger partial charge is 0.338 e. The number of amides is 1. The fraction of sp³-hybridized carbons (Fsp3) is 0.400. The van der Waals surface area contributed by atoms with Gasteiger partial charge in [-0.3, -0.25) is 14.2 Å². The first kappa shape index (κ1) is 24.5. The first-order chi connectivity index (χ1) is 16.2. The van der Waals surface area contributed by atoms with Gasteiger partial charge < -0.3 is 4.90 Å².